The van der Waals surface area contributed by atoms with Crippen molar-refractivity contribution < 1.29 is 18.8 Å². The first-order chi connectivity index (χ1) is 14.6. The van der Waals surface area contributed by atoms with Gasteiger partial charge in [0.2, 0.25) is 0 Å². The number of fused-ring (bicyclic) bond motifs is 1. The van der Waals surface area contributed by atoms with Crippen LogP contribution in [0.2, 0.25) is 0 Å². The number of benzene rings is 2. The number of rotatable bonds is 7. The highest BCUT2D eigenvalue weighted by Gasteiger charge is 2.04. The lowest BCUT2D eigenvalue weighted by atomic mass is 10.1. The molecule has 5 nitrogen and oxygen atoms in total. The molecule has 0 aliphatic rings. The van der Waals surface area contributed by atoms with Crippen molar-refractivity contribution in [2.75, 3.05) is 6.54 Å². The van der Waals surface area contributed by atoms with Crippen molar-refractivity contribution in [1.29, 1.82) is 0 Å². The Labute approximate surface area is 175 Å². The summed E-state index contributed by atoms with van der Waals surface area (Å²) >= 11 is 0. The predicted molar refractivity (Wildman–Crippen MR) is 117 cm³/mol. The molecular weight excluding hydrogens is 383 g/mol. The number of carbonyl (C=O) groups is 1. The highest BCUT2D eigenvalue weighted by Crippen LogP contribution is 2.20. The zero-order valence-electron chi connectivity index (χ0n) is 17.2. The molecule has 0 saturated heterocycles. The van der Waals surface area contributed by atoms with Crippen LogP contribution in [0.5, 0.6) is 0 Å². The van der Waals surface area contributed by atoms with Gasteiger partial charge in [-0.05, 0) is 62.2 Å². The fraction of sp³-hybridized carbons (Fsp3) is 0.208. The van der Waals surface area contributed by atoms with Gasteiger partial charge < -0.3 is 9.73 Å². The summed E-state index contributed by atoms with van der Waals surface area (Å²) in [7, 11) is 0. The number of carbonyl (C=O) groups excluding carboxylic acids is 1. The van der Waals surface area contributed by atoms with Crippen molar-refractivity contribution in [3.8, 4) is 0 Å². The van der Waals surface area contributed by atoms with Crippen molar-refractivity contribution in [3.63, 3.8) is 0 Å². The fourth-order valence-electron chi connectivity index (χ4n) is 2.75. The van der Waals surface area contributed by atoms with E-state index in [0.717, 1.165) is 35.6 Å². The summed E-state index contributed by atoms with van der Waals surface area (Å²) in [6, 6.07) is 12.8. The molecule has 0 atom stereocenters. The molecule has 158 valence electrons. The van der Waals surface area contributed by atoms with E-state index in [1.165, 1.54) is 23.2 Å². The Morgan fingerprint density at radius 2 is 1.97 bits per heavy atom. The van der Waals surface area contributed by atoms with Gasteiger partial charge in [0, 0.05) is 23.6 Å². The molecule has 1 aromatic heterocycles. The topological polar surface area (TPSA) is 74.5 Å². The average Bonchev–Trinajstić information content (AvgIpc) is 3.25. The number of amides is 1. The number of furan rings is 1. The van der Waals surface area contributed by atoms with Crippen LogP contribution in [0.4, 0.5) is 4.39 Å². The first-order valence-corrected chi connectivity index (χ1v) is 9.72. The monoisotopic (exact) mass is 410 g/mol. The Morgan fingerprint density at radius 3 is 2.67 bits per heavy atom. The van der Waals surface area contributed by atoms with Crippen molar-refractivity contribution >= 4 is 23.0 Å². The number of allylic oxidation sites excluding steroid dienone is 2. The van der Waals surface area contributed by atoms with E-state index in [4.69, 9.17) is 9.62 Å². The molecule has 0 radical (unpaired) electrons. The first kappa shape index (κ1) is 23.1. The third-order valence-electron chi connectivity index (χ3n) is 4.41. The quantitative estimate of drug-likeness (QED) is 0.168. The fourth-order valence-corrected chi connectivity index (χ4v) is 2.75. The summed E-state index contributed by atoms with van der Waals surface area (Å²) in [5.74, 6) is -1.13. The van der Waals surface area contributed by atoms with Gasteiger partial charge in [-0.2, -0.15) is 0 Å². The summed E-state index contributed by atoms with van der Waals surface area (Å²) in [6.45, 7) is 5.30. The molecule has 0 fully saturated rings. The van der Waals surface area contributed by atoms with Gasteiger partial charge in [-0.15, -0.1) is 0 Å². The van der Waals surface area contributed by atoms with Gasteiger partial charge in [0.05, 0.1) is 6.26 Å². The van der Waals surface area contributed by atoms with Crippen LogP contribution in [-0.2, 0) is 17.8 Å². The second-order valence-corrected chi connectivity index (χ2v) is 6.51. The molecule has 3 N–H and O–H groups in total. The van der Waals surface area contributed by atoms with Crippen molar-refractivity contribution in [2.24, 2.45) is 0 Å². The predicted octanol–water partition coefficient (Wildman–Crippen LogP) is 5.01. The van der Waals surface area contributed by atoms with Crippen LogP contribution in [0.25, 0.3) is 17.0 Å². The van der Waals surface area contributed by atoms with E-state index in [1.807, 2.05) is 44.2 Å². The summed E-state index contributed by atoms with van der Waals surface area (Å²) in [6.07, 6.45) is 8.90. The standard InChI is InChI=1S/C20H19FN2O3.C4H8/c21-18-12-14(4-5-16(18)6-7-20(24)23-25)13-22-10-8-15-2-1-3-19-17(15)9-11-26-19;1-3-4-2/h1-7,9,11-12,22,25H,8,10,13H2,(H,23,24);3-4H,1-2H3/b7-6+;4-3-. The molecular formula is C24H27FN2O3. The molecule has 1 amide bonds. The van der Waals surface area contributed by atoms with Gasteiger partial charge in [0.25, 0.3) is 5.91 Å². The van der Waals surface area contributed by atoms with Crippen LogP contribution in [0.15, 0.2) is 71.4 Å². The molecule has 0 bridgehead atoms. The molecule has 30 heavy (non-hydrogen) atoms. The van der Waals surface area contributed by atoms with Crippen LogP contribution < -0.4 is 10.8 Å². The summed E-state index contributed by atoms with van der Waals surface area (Å²) < 4.78 is 19.4. The minimum Gasteiger partial charge on any atom is -0.464 e. The lowest BCUT2D eigenvalue weighted by molar-refractivity contribution is -0.124. The van der Waals surface area contributed by atoms with E-state index in [-0.39, 0.29) is 5.56 Å². The molecule has 3 aromatic rings. The van der Waals surface area contributed by atoms with Crippen LogP contribution in [-0.4, -0.2) is 17.7 Å². The number of hydrogen-bond donors (Lipinski definition) is 3. The van der Waals surface area contributed by atoms with Crippen LogP contribution >= 0.6 is 0 Å². The molecule has 0 aliphatic carbocycles. The van der Waals surface area contributed by atoms with E-state index >= 15 is 0 Å². The smallest absolute Gasteiger partial charge is 0.267 e. The van der Waals surface area contributed by atoms with Crippen LogP contribution in [0, 0.1) is 5.82 Å². The molecule has 6 heteroatoms. The second-order valence-electron chi connectivity index (χ2n) is 6.51. The number of hydroxylamine groups is 1. The maximum Gasteiger partial charge on any atom is 0.267 e. The molecule has 0 saturated carbocycles. The molecule has 0 unspecified atom stereocenters. The highest BCUT2D eigenvalue weighted by molar-refractivity contribution is 5.90. The Bertz CT molecular complexity index is 1000. The zero-order chi connectivity index (χ0) is 21.8. The lowest BCUT2D eigenvalue weighted by Crippen LogP contribution is -2.17. The van der Waals surface area contributed by atoms with E-state index < -0.39 is 11.7 Å². The second kappa shape index (κ2) is 12.4. The third kappa shape index (κ3) is 6.99. The Hall–Kier alpha value is -3.22. The molecule has 1 heterocycles. The van der Waals surface area contributed by atoms with Crippen LogP contribution in [0.1, 0.15) is 30.5 Å². The summed E-state index contributed by atoms with van der Waals surface area (Å²) in [4.78, 5) is 10.9. The molecule has 0 spiro atoms. The van der Waals surface area contributed by atoms with Crippen LogP contribution in [0.3, 0.4) is 0 Å². The van der Waals surface area contributed by atoms with Gasteiger partial charge in [-0.3, -0.25) is 10.0 Å². The van der Waals surface area contributed by atoms with E-state index in [1.54, 1.807) is 18.4 Å². The third-order valence-corrected chi connectivity index (χ3v) is 4.41. The maximum absolute atomic E-state index is 14.0. The Morgan fingerprint density at radius 1 is 1.17 bits per heavy atom. The van der Waals surface area contributed by atoms with Gasteiger partial charge in [-0.1, -0.05) is 36.4 Å². The highest BCUT2D eigenvalue weighted by atomic mass is 19.1. The van der Waals surface area contributed by atoms with Gasteiger partial charge in [0.15, 0.2) is 0 Å². The summed E-state index contributed by atoms with van der Waals surface area (Å²) in [5.41, 5.74) is 4.64. The van der Waals surface area contributed by atoms with E-state index in [0.29, 0.717) is 6.54 Å². The largest absolute Gasteiger partial charge is 0.464 e. The SMILES string of the molecule is C/C=C\C.O=C(/C=C/c1ccc(CNCCc2cccc3occc23)cc1F)NO. The minimum atomic E-state index is -0.706. The lowest BCUT2D eigenvalue weighted by Gasteiger charge is -2.07. The van der Waals surface area contributed by atoms with Crippen molar-refractivity contribution in [3.05, 3.63) is 89.5 Å². The minimum absolute atomic E-state index is 0.281. The van der Waals surface area contributed by atoms with E-state index in [9.17, 15) is 9.18 Å². The number of halogens is 1. The molecule has 2 aromatic carbocycles. The zero-order valence-corrected chi connectivity index (χ0v) is 17.2. The molecule has 3 rings (SSSR count). The Balaban J connectivity index is 0.000000735. The maximum atomic E-state index is 14.0. The van der Waals surface area contributed by atoms with Crippen molar-refractivity contribution in [2.45, 2.75) is 26.8 Å². The normalized spacial score (nSPS) is 11.1. The van der Waals surface area contributed by atoms with Gasteiger partial charge >= 0.3 is 0 Å². The van der Waals surface area contributed by atoms with E-state index in [2.05, 4.69) is 11.4 Å². The summed E-state index contributed by atoms with van der Waals surface area (Å²) in [5, 5.41) is 12.8. The molecule has 0 aliphatic heterocycles. The van der Waals surface area contributed by atoms with Gasteiger partial charge in [0.1, 0.15) is 11.4 Å². The number of nitrogens with one attached hydrogen (secondary N) is 2. The Kier molecular flexibility index (Phi) is 9.51. The van der Waals surface area contributed by atoms with Crippen molar-refractivity contribution in [1.82, 2.24) is 10.8 Å². The van der Waals surface area contributed by atoms with Gasteiger partial charge in [-0.25, -0.2) is 9.87 Å². The first-order valence-electron chi connectivity index (χ1n) is 9.72. The number of hydrogen-bond acceptors (Lipinski definition) is 4. The average molecular weight is 410 g/mol.